The number of aliphatic hydroxyl groups is 2. The molecule has 3 fully saturated rings. The van der Waals surface area contributed by atoms with Crippen molar-refractivity contribution >= 4 is 34.9 Å². The Kier molecular flexibility index (Phi) is 6.01. The van der Waals surface area contributed by atoms with Gasteiger partial charge >= 0.3 is 0 Å². The third-order valence-corrected chi connectivity index (χ3v) is 12.0. The second-order valence-corrected chi connectivity index (χ2v) is 15.3. The van der Waals surface area contributed by atoms with Gasteiger partial charge in [-0.3, -0.25) is 9.48 Å². The zero-order chi connectivity index (χ0) is 28.9. The Bertz CT molecular complexity index is 1540. The normalized spacial score (nSPS) is 36.3. The minimum atomic E-state index is -1.48. The summed E-state index contributed by atoms with van der Waals surface area (Å²) in [5, 5.41) is 29.1. The molecule has 0 saturated heterocycles. The predicted octanol–water partition coefficient (Wildman–Crippen LogP) is 5.42. The molecule has 9 heteroatoms. The van der Waals surface area contributed by atoms with Gasteiger partial charge in [0.15, 0.2) is 17.0 Å². The molecule has 218 valence electrons. The summed E-state index contributed by atoms with van der Waals surface area (Å²) in [7, 11) is 0. The molecule has 4 aliphatic rings. The molecular weight excluding hydrogens is 536 g/mol. The van der Waals surface area contributed by atoms with Crippen molar-refractivity contribution in [1.82, 2.24) is 19.7 Å². The van der Waals surface area contributed by atoms with Crippen molar-refractivity contribution in [1.29, 1.82) is 0 Å². The van der Waals surface area contributed by atoms with E-state index in [9.17, 15) is 15.0 Å². The number of oxazole rings is 1. The van der Waals surface area contributed by atoms with Crippen molar-refractivity contribution in [3.63, 3.8) is 0 Å². The fourth-order valence-electron chi connectivity index (χ4n) is 9.24. The maximum absolute atomic E-state index is 13.7. The molecule has 0 radical (unpaired) electrons. The summed E-state index contributed by atoms with van der Waals surface area (Å²) in [6.45, 7) is 10.9. The fraction of sp³-hybridized carbons (Fsp3) is 0.625. The highest BCUT2D eigenvalue weighted by molar-refractivity contribution is 7.99. The van der Waals surface area contributed by atoms with E-state index < -0.39 is 17.1 Å². The quantitative estimate of drug-likeness (QED) is 0.396. The van der Waals surface area contributed by atoms with Crippen LogP contribution in [0.1, 0.15) is 78.0 Å². The Hall–Kier alpha value is -2.49. The third-order valence-electron chi connectivity index (χ3n) is 11.1. The maximum atomic E-state index is 13.7. The minimum absolute atomic E-state index is 0.0704. The maximum Gasteiger partial charge on any atom is 0.258 e. The van der Waals surface area contributed by atoms with Gasteiger partial charge in [-0.1, -0.05) is 31.2 Å². The Morgan fingerprint density at radius 3 is 2.83 bits per heavy atom. The van der Waals surface area contributed by atoms with Gasteiger partial charge in [0.25, 0.3) is 5.22 Å². The molecule has 0 aromatic carbocycles. The van der Waals surface area contributed by atoms with Crippen LogP contribution in [0.15, 0.2) is 39.7 Å². The number of carbonyl (C=O) groups is 1. The molecule has 4 aliphatic carbocycles. The molecular formula is C32H40N4O4S. The first-order valence-electron chi connectivity index (χ1n) is 14.9. The van der Waals surface area contributed by atoms with Gasteiger partial charge in [0.1, 0.15) is 5.60 Å². The highest BCUT2D eigenvalue weighted by atomic mass is 32.2. The number of thioether (sulfide) groups is 1. The van der Waals surface area contributed by atoms with Crippen LogP contribution < -0.4 is 0 Å². The molecule has 0 aliphatic heterocycles. The van der Waals surface area contributed by atoms with Crippen LogP contribution in [0.25, 0.3) is 17.3 Å². The number of carbonyl (C=O) groups excluding carboxylic acids is 1. The minimum Gasteiger partial charge on any atom is -0.430 e. The number of aliphatic hydroxyl groups excluding tert-OH is 1. The molecule has 8 nitrogen and oxygen atoms in total. The van der Waals surface area contributed by atoms with Crippen molar-refractivity contribution in [2.75, 3.05) is 5.75 Å². The number of rotatable bonds is 4. The van der Waals surface area contributed by atoms with Gasteiger partial charge in [-0.2, -0.15) is 10.1 Å². The van der Waals surface area contributed by atoms with Crippen LogP contribution in [0.2, 0.25) is 0 Å². The van der Waals surface area contributed by atoms with E-state index in [0.717, 1.165) is 25.7 Å². The fourth-order valence-corrected chi connectivity index (χ4v) is 10.0. The van der Waals surface area contributed by atoms with Crippen molar-refractivity contribution in [2.45, 2.75) is 95.6 Å². The Labute approximate surface area is 245 Å². The van der Waals surface area contributed by atoms with Gasteiger partial charge in [0.2, 0.25) is 0 Å². The topological polar surface area (TPSA) is 114 Å². The van der Waals surface area contributed by atoms with Crippen LogP contribution >= 0.6 is 11.8 Å². The summed E-state index contributed by atoms with van der Waals surface area (Å²) < 4.78 is 7.88. The molecule has 41 heavy (non-hydrogen) atoms. The predicted molar refractivity (Wildman–Crippen MR) is 157 cm³/mol. The van der Waals surface area contributed by atoms with Crippen molar-refractivity contribution in [3.8, 4) is 0 Å². The lowest BCUT2D eigenvalue weighted by molar-refractivity contribution is -0.177. The Morgan fingerprint density at radius 1 is 1.27 bits per heavy atom. The number of hydrogen-bond acceptors (Lipinski definition) is 8. The van der Waals surface area contributed by atoms with Gasteiger partial charge in [-0.25, -0.2) is 4.98 Å². The Balaban J connectivity index is 1.14. The second-order valence-electron chi connectivity index (χ2n) is 14.3. The summed E-state index contributed by atoms with van der Waals surface area (Å²) in [6.07, 6.45) is 9.89. The van der Waals surface area contributed by atoms with E-state index >= 15 is 0 Å². The Morgan fingerprint density at radius 2 is 2.07 bits per heavy atom. The molecule has 7 unspecified atom stereocenters. The number of nitrogens with zero attached hydrogens (tertiary/aromatic N) is 4. The molecule has 3 aromatic heterocycles. The molecule has 3 aromatic rings. The summed E-state index contributed by atoms with van der Waals surface area (Å²) in [5.74, 6) is 0.392. The van der Waals surface area contributed by atoms with E-state index in [-0.39, 0.29) is 40.2 Å². The lowest BCUT2D eigenvalue weighted by atomic mass is 9.45. The standard InChI is InChI=1S/C32H40N4O4S/c1-29(2,3)36-22-13-19-8-9-20-21-10-11-32(39,25(38)17-41-28-35-27-24(40-28)7-6-12-33-27)31(21,5)15-23(37)26(20)30(19,4)14-18(22)16-34-36/h6-7,12-13,16,20-21,23,26,37,39H,8-11,14-15,17H2,1-5H3. The van der Waals surface area contributed by atoms with Crippen LogP contribution in [-0.4, -0.2) is 53.2 Å². The highest BCUT2D eigenvalue weighted by Gasteiger charge is 2.68. The molecule has 7 atom stereocenters. The average molecular weight is 577 g/mol. The van der Waals surface area contributed by atoms with Gasteiger partial charge in [-0.05, 0) is 106 Å². The monoisotopic (exact) mass is 576 g/mol. The van der Waals surface area contributed by atoms with Crippen LogP contribution in [0.4, 0.5) is 0 Å². The van der Waals surface area contributed by atoms with Crippen molar-refractivity contribution in [3.05, 3.63) is 41.4 Å². The van der Waals surface area contributed by atoms with Gasteiger partial charge < -0.3 is 14.6 Å². The lowest BCUT2D eigenvalue weighted by Gasteiger charge is -2.60. The number of aromatic nitrogens is 4. The van der Waals surface area contributed by atoms with E-state index in [0.29, 0.717) is 29.3 Å². The van der Waals surface area contributed by atoms with Crippen molar-refractivity contribution < 1.29 is 19.4 Å². The zero-order valence-electron chi connectivity index (χ0n) is 24.6. The molecule has 0 bridgehead atoms. The van der Waals surface area contributed by atoms with E-state index in [4.69, 9.17) is 9.52 Å². The summed E-state index contributed by atoms with van der Waals surface area (Å²) in [6, 6.07) is 3.58. The van der Waals surface area contributed by atoms with E-state index in [1.807, 2.05) is 6.20 Å². The van der Waals surface area contributed by atoms with Crippen LogP contribution in [0, 0.1) is 28.6 Å². The first-order valence-corrected chi connectivity index (χ1v) is 15.9. The zero-order valence-corrected chi connectivity index (χ0v) is 25.4. The second kappa shape index (κ2) is 9.01. The summed E-state index contributed by atoms with van der Waals surface area (Å²) >= 11 is 1.21. The first-order chi connectivity index (χ1) is 19.3. The molecule has 3 heterocycles. The lowest BCUT2D eigenvalue weighted by Crippen LogP contribution is -2.62. The number of allylic oxidation sites excluding steroid dienone is 1. The van der Waals surface area contributed by atoms with E-state index in [1.165, 1.54) is 28.6 Å². The molecule has 3 saturated carbocycles. The SMILES string of the molecule is CC12Cc3cnn(C(C)(C)C)c3C=C1CCC1C2C(O)CC2(C)C1CCC2(O)C(=O)CSc1nc2ncccc2o1. The smallest absolute Gasteiger partial charge is 0.258 e. The summed E-state index contributed by atoms with van der Waals surface area (Å²) in [5.41, 5.74) is 2.53. The average Bonchev–Trinajstić information content (AvgIpc) is 3.59. The van der Waals surface area contributed by atoms with E-state index in [1.54, 1.807) is 18.3 Å². The highest BCUT2D eigenvalue weighted by Crippen LogP contribution is 2.67. The number of fused-ring (bicyclic) bond motifs is 7. The number of hydrogen-bond donors (Lipinski definition) is 2. The van der Waals surface area contributed by atoms with E-state index in [2.05, 4.69) is 55.3 Å². The molecule has 7 rings (SSSR count). The number of Topliss-reactive ketones (excluding diaryl/α,β-unsaturated/α-hetero) is 1. The van der Waals surface area contributed by atoms with Gasteiger partial charge in [-0.15, -0.1) is 0 Å². The van der Waals surface area contributed by atoms with Crippen LogP contribution in [-0.2, 0) is 16.8 Å². The van der Waals surface area contributed by atoms with Gasteiger partial charge in [0, 0.05) is 11.6 Å². The number of pyridine rings is 1. The summed E-state index contributed by atoms with van der Waals surface area (Å²) in [4.78, 5) is 22.3. The van der Waals surface area contributed by atoms with Gasteiger partial charge in [0.05, 0.1) is 29.3 Å². The molecule has 0 amide bonds. The third kappa shape index (κ3) is 3.87. The first kappa shape index (κ1) is 27.3. The van der Waals surface area contributed by atoms with Crippen molar-refractivity contribution in [2.24, 2.45) is 28.6 Å². The molecule has 2 N–H and O–H groups in total. The van der Waals surface area contributed by atoms with Crippen LogP contribution in [0.3, 0.4) is 0 Å². The number of ketones is 1. The largest absolute Gasteiger partial charge is 0.430 e. The molecule has 0 spiro atoms. The van der Waals surface area contributed by atoms with Crippen LogP contribution in [0.5, 0.6) is 0 Å².